The van der Waals surface area contributed by atoms with Gasteiger partial charge in [-0.2, -0.15) is 5.10 Å². The number of halogens is 1. The van der Waals surface area contributed by atoms with Crippen LogP contribution in [-0.4, -0.2) is 24.2 Å². The number of amides is 1. The summed E-state index contributed by atoms with van der Waals surface area (Å²) in [6.45, 7) is 0. The van der Waals surface area contributed by atoms with Crippen LogP contribution in [-0.2, 0) is 0 Å². The van der Waals surface area contributed by atoms with E-state index in [1.165, 1.54) is 6.21 Å². The summed E-state index contributed by atoms with van der Waals surface area (Å²) < 4.78 is 6.02. The van der Waals surface area contributed by atoms with E-state index in [-0.39, 0.29) is 11.5 Å². The van der Waals surface area contributed by atoms with Crippen LogP contribution >= 0.6 is 15.9 Å². The molecular weight excluding hydrogens is 386 g/mol. The Kier molecular flexibility index (Phi) is 4.95. The van der Waals surface area contributed by atoms with Crippen molar-refractivity contribution in [1.82, 2.24) is 10.4 Å². The number of methoxy groups -OCH3 is 1. The first-order valence-corrected chi connectivity index (χ1v) is 8.16. The molecule has 6 nitrogen and oxygen atoms in total. The first kappa shape index (κ1) is 16.9. The monoisotopic (exact) mass is 399 g/mol. The van der Waals surface area contributed by atoms with E-state index in [1.54, 1.807) is 49.6 Å². The van der Waals surface area contributed by atoms with Gasteiger partial charge in [0.1, 0.15) is 5.75 Å². The van der Waals surface area contributed by atoms with Crippen LogP contribution in [0.3, 0.4) is 0 Å². The summed E-state index contributed by atoms with van der Waals surface area (Å²) in [5.74, 6) is 0.303. The van der Waals surface area contributed by atoms with Crippen molar-refractivity contribution in [3.05, 3.63) is 74.5 Å². The number of ether oxygens (including phenoxy) is 1. The zero-order chi connectivity index (χ0) is 17.8. The first-order chi connectivity index (χ1) is 12.1. The molecule has 1 heterocycles. The lowest BCUT2D eigenvalue weighted by Gasteiger charge is -2.03. The summed E-state index contributed by atoms with van der Waals surface area (Å²) in [5, 5.41) is 4.70. The van der Waals surface area contributed by atoms with E-state index in [0.29, 0.717) is 22.4 Å². The number of aromatic nitrogens is 1. The number of carbonyl (C=O) groups excluding carboxylic acids is 1. The minimum absolute atomic E-state index is 0.303. The number of hydrogen-bond acceptors (Lipinski definition) is 4. The molecule has 0 spiro atoms. The molecule has 0 saturated heterocycles. The summed E-state index contributed by atoms with van der Waals surface area (Å²) in [6, 6.07) is 14.0. The number of H-pyrrole nitrogens is 1. The maximum Gasteiger partial charge on any atom is 0.271 e. The van der Waals surface area contributed by atoms with Crippen molar-refractivity contribution in [2.24, 2.45) is 5.10 Å². The molecule has 0 aliphatic heterocycles. The highest BCUT2D eigenvalue weighted by atomic mass is 79.9. The smallest absolute Gasteiger partial charge is 0.271 e. The van der Waals surface area contributed by atoms with Crippen LogP contribution in [0.25, 0.3) is 10.9 Å². The molecule has 0 saturated carbocycles. The Labute approximate surface area is 151 Å². The summed E-state index contributed by atoms with van der Waals surface area (Å²) in [5.41, 5.74) is 3.58. The molecular formula is C18H14BrN3O3. The second-order valence-electron chi connectivity index (χ2n) is 5.21. The molecule has 2 N–H and O–H groups in total. The van der Waals surface area contributed by atoms with E-state index < -0.39 is 0 Å². The third kappa shape index (κ3) is 3.95. The van der Waals surface area contributed by atoms with Gasteiger partial charge in [0.15, 0.2) is 0 Å². The SMILES string of the molecule is COc1ccc2cc(C=NNC(=O)c3ccc(Br)cc3)c(=O)[nH]c2c1. The number of rotatable bonds is 4. The molecule has 25 heavy (non-hydrogen) atoms. The molecule has 1 amide bonds. The predicted octanol–water partition coefficient (Wildman–Crippen LogP) is 3.06. The molecule has 2 aromatic carbocycles. The quantitative estimate of drug-likeness (QED) is 0.522. The van der Waals surface area contributed by atoms with Gasteiger partial charge in [-0.1, -0.05) is 15.9 Å². The molecule has 0 aliphatic rings. The molecule has 0 fully saturated rings. The fraction of sp³-hybridized carbons (Fsp3) is 0.0556. The average Bonchev–Trinajstić information content (AvgIpc) is 2.62. The molecule has 0 radical (unpaired) electrons. The van der Waals surface area contributed by atoms with Crippen LogP contribution in [0.2, 0.25) is 0 Å². The van der Waals surface area contributed by atoms with Crippen LogP contribution in [0.1, 0.15) is 15.9 Å². The lowest BCUT2D eigenvalue weighted by Crippen LogP contribution is -2.19. The summed E-state index contributed by atoms with van der Waals surface area (Å²) in [6.07, 6.45) is 1.32. The van der Waals surface area contributed by atoms with Crippen LogP contribution in [0, 0.1) is 0 Å². The van der Waals surface area contributed by atoms with E-state index in [2.05, 4.69) is 31.4 Å². The standard InChI is InChI=1S/C18H14BrN3O3/c1-25-15-7-4-12-8-13(17(23)21-16(12)9-15)10-20-22-18(24)11-2-5-14(19)6-3-11/h2-10H,1H3,(H,21,23)(H,22,24). The largest absolute Gasteiger partial charge is 0.497 e. The van der Waals surface area contributed by atoms with Crippen molar-refractivity contribution in [3.63, 3.8) is 0 Å². The van der Waals surface area contributed by atoms with Gasteiger partial charge in [-0.25, -0.2) is 5.43 Å². The van der Waals surface area contributed by atoms with Crippen molar-refractivity contribution >= 4 is 39.0 Å². The third-order valence-corrected chi connectivity index (χ3v) is 4.09. The number of aromatic amines is 1. The Hall–Kier alpha value is -2.93. The minimum Gasteiger partial charge on any atom is -0.497 e. The van der Waals surface area contributed by atoms with Crippen LogP contribution in [0.15, 0.2) is 62.9 Å². The molecule has 0 unspecified atom stereocenters. The highest BCUT2D eigenvalue weighted by Gasteiger charge is 2.05. The summed E-state index contributed by atoms with van der Waals surface area (Å²) >= 11 is 3.31. The van der Waals surface area contributed by atoms with Crippen molar-refractivity contribution in [2.45, 2.75) is 0 Å². The first-order valence-electron chi connectivity index (χ1n) is 7.37. The lowest BCUT2D eigenvalue weighted by molar-refractivity contribution is 0.0955. The Morgan fingerprint density at radius 3 is 2.68 bits per heavy atom. The van der Waals surface area contributed by atoms with Gasteiger partial charge in [-0.3, -0.25) is 9.59 Å². The van der Waals surface area contributed by atoms with Gasteiger partial charge in [0.2, 0.25) is 0 Å². The molecule has 3 rings (SSSR count). The minimum atomic E-state index is -0.356. The number of nitrogens with zero attached hydrogens (tertiary/aromatic N) is 1. The average molecular weight is 400 g/mol. The van der Waals surface area contributed by atoms with Gasteiger partial charge in [-0.05, 0) is 47.9 Å². The molecule has 0 bridgehead atoms. The van der Waals surface area contributed by atoms with Gasteiger partial charge in [0.25, 0.3) is 11.5 Å². The lowest BCUT2D eigenvalue weighted by atomic mass is 10.1. The van der Waals surface area contributed by atoms with Crippen molar-refractivity contribution < 1.29 is 9.53 Å². The highest BCUT2D eigenvalue weighted by Crippen LogP contribution is 2.18. The number of pyridine rings is 1. The fourth-order valence-corrected chi connectivity index (χ4v) is 2.51. The van der Waals surface area contributed by atoms with Gasteiger partial charge in [0, 0.05) is 16.1 Å². The van der Waals surface area contributed by atoms with Crippen LogP contribution in [0.5, 0.6) is 5.75 Å². The Morgan fingerprint density at radius 2 is 1.96 bits per heavy atom. The van der Waals surface area contributed by atoms with E-state index >= 15 is 0 Å². The molecule has 0 atom stereocenters. The number of carbonyl (C=O) groups is 1. The van der Waals surface area contributed by atoms with Gasteiger partial charge in [-0.15, -0.1) is 0 Å². The van der Waals surface area contributed by atoms with E-state index in [0.717, 1.165) is 9.86 Å². The van der Waals surface area contributed by atoms with Gasteiger partial charge >= 0.3 is 0 Å². The third-order valence-electron chi connectivity index (χ3n) is 3.56. The topological polar surface area (TPSA) is 83.5 Å². The second kappa shape index (κ2) is 7.31. The maximum absolute atomic E-state index is 12.1. The van der Waals surface area contributed by atoms with Crippen molar-refractivity contribution in [2.75, 3.05) is 7.11 Å². The van der Waals surface area contributed by atoms with Crippen LogP contribution in [0.4, 0.5) is 0 Å². The number of benzene rings is 2. The Balaban J connectivity index is 1.79. The van der Waals surface area contributed by atoms with E-state index in [1.807, 2.05) is 6.07 Å². The highest BCUT2D eigenvalue weighted by molar-refractivity contribution is 9.10. The van der Waals surface area contributed by atoms with Gasteiger partial charge < -0.3 is 9.72 Å². The number of fused-ring (bicyclic) bond motifs is 1. The normalized spacial score (nSPS) is 11.0. The van der Waals surface area contributed by atoms with Gasteiger partial charge in [0.05, 0.1) is 24.4 Å². The molecule has 3 aromatic rings. The van der Waals surface area contributed by atoms with E-state index in [4.69, 9.17) is 4.74 Å². The Bertz CT molecular complexity index is 1010. The number of hydrazone groups is 1. The fourth-order valence-electron chi connectivity index (χ4n) is 2.25. The van der Waals surface area contributed by atoms with E-state index in [9.17, 15) is 9.59 Å². The van der Waals surface area contributed by atoms with Crippen molar-refractivity contribution in [1.29, 1.82) is 0 Å². The predicted molar refractivity (Wildman–Crippen MR) is 100 cm³/mol. The second-order valence-corrected chi connectivity index (χ2v) is 6.13. The zero-order valence-corrected chi connectivity index (χ0v) is 14.8. The van der Waals surface area contributed by atoms with Crippen molar-refractivity contribution in [3.8, 4) is 5.75 Å². The summed E-state index contributed by atoms with van der Waals surface area (Å²) in [7, 11) is 1.56. The molecule has 1 aromatic heterocycles. The maximum atomic E-state index is 12.1. The number of nitrogens with one attached hydrogen (secondary N) is 2. The zero-order valence-electron chi connectivity index (χ0n) is 13.2. The summed E-state index contributed by atoms with van der Waals surface area (Å²) in [4.78, 5) is 26.8. The molecule has 0 aliphatic carbocycles. The molecule has 7 heteroatoms. The Morgan fingerprint density at radius 1 is 1.20 bits per heavy atom. The number of hydrogen-bond donors (Lipinski definition) is 2. The van der Waals surface area contributed by atoms with Crippen LogP contribution < -0.4 is 15.7 Å². The molecule has 126 valence electrons.